The molecule has 46 heavy (non-hydrogen) atoms. The van der Waals surface area contributed by atoms with Crippen molar-refractivity contribution in [3.8, 4) is 22.3 Å². The Morgan fingerprint density at radius 2 is 1.07 bits per heavy atom. The molecule has 0 N–H and O–H groups in total. The van der Waals surface area contributed by atoms with E-state index < -0.39 is 0 Å². The molecule has 1 heteroatoms. The predicted octanol–water partition coefficient (Wildman–Crippen LogP) is 12.6. The fraction of sp³-hybridized carbons (Fsp3) is 0.244. The Morgan fingerprint density at radius 3 is 1.83 bits per heavy atom. The molecule has 8 rings (SSSR count). The zero-order chi connectivity index (χ0) is 31.8. The van der Waals surface area contributed by atoms with Crippen LogP contribution in [0.2, 0.25) is 0 Å². The van der Waals surface area contributed by atoms with E-state index in [2.05, 4.69) is 174 Å². The molecule has 0 unspecified atom stereocenters. The van der Waals surface area contributed by atoms with Crippen molar-refractivity contribution in [3.63, 3.8) is 0 Å². The normalized spacial score (nSPS) is 16.8. The second-order valence-electron chi connectivity index (χ2n) is 15.3. The van der Waals surface area contributed by atoms with E-state index in [1.807, 2.05) is 0 Å². The van der Waals surface area contributed by atoms with Gasteiger partial charge in [0.1, 0.15) is 0 Å². The Hall–Kier alpha value is -4.62. The molecule has 1 nitrogen and oxygen atoms in total. The number of rotatable bonds is 4. The molecular weight excluding hydrogens is 555 g/mol. The first-order valence-corrected chi connectivity index (χ1v) is 16.8. The molecule has 0 aliphatic heterocycles. The topological polar surface area (TPSA) is 3.24 Å². The number of hydrogen-bond donors (Lipinski definition) is 0. The molecule has 0 fully saturated rings. The highest BCUT2D eigenvalue weighted by Gasteiger charge is 2.38. The van der Waals surface area contributed by atoms with Crippen LogP contribution in [0.5, 0.6) is 0 Å². The van der Waals surface area contributed by atoms with Crippen molar-refractivity contribution >= 4 is 27.8 Å². The summed E-state index contributed by atoms with van der Waals surface area (Å²) in [6.07, 6.45) is 2.41. The predicted molar refractivity (Wildman–Crippen MR) is 197 cm³/mol. The van der Waals surface area contributed by atoms with Crippen molar-refractivity contribution in [2.24, 2.45) is 0 Å². The fourth-order valence-electron chi connectivity index (χ4n) is 8.29. The second-order valence-corrected chi connectivity index (χ2v) is 15.3. The smallest absolute Gasteiger partial charge is 0.0540 e. The standard InChI is InChI=1S/C45H43N/c1-43(2)25-26-44(3,4)40-29-36-31(27-39(40)43)17-14-22-42(36)46(41-21-13-11-18-33(41)30-15-8-7-9-16-30)32-23-24-35-34-19-10-12-20-37(34)45(5,6)38(35)28-32/h7-24,27-29H,25-26H2,1-6H3. The first-order chi connectivity index (χ1) is 22.1. The van der Waals surface area contributed by atoms with E-state index in [9.17, 15) is 0 Å². The third kappa shape index (κ3) is 4.36. The molecular formula is C45H43N. The van der Waals surface area contributed by atoms with Gasteiger partial charge in [-0.25, -0.2) is 0 Å². The number of fused-ring (bicyclic) bond motifs is 5. The van der Waals surface area contributed by atoms with Gasteiger partial charge in [-0.15, -0.1) is 0 Å². The maximum absolute atomic E-state index is 2.53. The van der Waals surface area contributed by atoms with Crippen molar-refractivity contribution in [1.82, 2.24) is 0 Å². The first-order valence-electron chi connectivity index (χ1n) is 16.8. The lowest BCUT2D eigenvalue weighted by Gasteiger charge is -2.42. The molecule has 0 heterocycles. The van der Waals surface area contributed by atoms with Crippen molar-refractivity contribution in [3.05, 3.63) is 150 Å². The minimum atomic E-state index is -0.0833. The number of nitrogens with zero attached hydrogens (tertiary/aromatic N) is 1. The summed E-state index contributed by atoms with van der Waals surface area (Å²) in [7, 11) is 0. The molecule has 228 valence electrons. The molecule has 0 atom stereocenters. The summed E-state index contributed by atoms with van der Waals surface area (Å²) >= 11 is 0. The third-order valence-corrected chi connectivity index (χ3v) is 11.1. The monoisotopic (exact) mass is 597 g/mol. The van der Waals surface area contributed by atoms with E-state index in [1.165, 1.54) is 85.2 Å². The van der Waals surface area contributed by atoms with Crippen LogP contribution < -0.4 is 4.90 Å². The van der Waals surface area contributed by atoms with Crippen molar-refractivity contribution in [2.75, 3.05) is 4.90 Å². The van der Waals surface area contributed by atoms with Crippen LogP contribution in [0.25, 0.3) is 33.0 Å². The Balaban J connectivity index is 1.42. The van der Waals surface area contributed by atoms with Gasteiger partial charge in [-0.05, 0) is 98.3 Å². The Labute approximate surface area is 274 Å². The van der Waals surface area contributed by atoms with E-state index in [4.69, 9.17) is 0 Å². The summed E-state index contributed by atoms with van der Waals surface area (Å²) in [6, 6.07) is 47.7. The zero-order valence-electron chi connectivity index (χ0n) is 28.0. The highest BCUT2D eigenvalue weighted by atomic mass is 15.1. The van der Waals surface area contributed by atoms with Crippen molar-refractivity contribution < 1.29 is 0 Å². The van der Waals surface area contributed by atoms with Crippen molar-refractivity contribution in [2.45, 2.75) is 70.6 Å². The van der Waals surface area contributed by atoms with Gasteiger partial charge in [-0.2, -0.15) is 0 Å². The van der Waals surface area contributed by atoms with Gasteiger partial charge in [0.25, 0.3) is 0 Å². The second kappa shape index (κ2) is 10.2. The average molecular weight is 598 g/mol. The van der Waals surface area contributed by atoms with Crippen LogP contribution in [0.3, 0.4) is 0 Å². The Bertz CT molecular complexity index is 2130. The SMILES string of the molecule is CC1(C)CCC(C)(C)c2cc3c(N(c4ccc5c(c4)C(C)(C)c4ccccc4-5)c4ccccc4-c4ccccc4)cccc3cc21. The van der Waals surface area contributed by atoms with Gasteiger partial charge in [-0.1, -0.05) is 139 Å². The molecule has 2 aliphatic carbocycles. The molecule has 0 amide bonds. The maximum atomic E-state index is 2.53. The highest BCUT2D eigenvalue weighted by molar-refractivity contribution is 6.02. The Morgan fingerprint density at radius 1 is 0.457 bits per heavy atom. The van der Waals surface area contributed by atoms with Gasteiger partial charge < -0.3 is 4.90 Å². The lowest BCUT2D eigenvalue weighted by atomic mass is 9.63. The third-order valence-electron chi connectivity index (χ3n) is 11.1. The molecule has 0 spiro atoms. The molecule has 6 aromatic carbocycles. The van der Waals surface area contributed by atoms with Gasteiger partial charge >= 0.3 is 0 Å². The van der Waals surface area contributed by atoms with Gasteiger partial charge in [0, 0.05) is 22.1 Å². The first kappa shape index (κ1) is 28.8. The van der Waals surface area contributed by atoms with E-state index in [0.717, 1.165) is 0 Å². The van der Waals surface area contributed by atoms with Crippen LogP contribution in [0.4, 0.5) is 17.1 Å². The van der Waals surface area contributed by atoms with Crippen LogP contribution in [-0.4, -0.2) is 0 Å². The minimum Gasteiger partial charge on any atom is -0.309 e. The largest absolute Gasteiger partial charge is 0.309 e. The van der Waals surface area contributed by atoms with E-state index in [0.29, 0.717) is 0 Å². The van der Waals surface area contributed by atoms with Gasteiger partial charge in [0.05, 0.1) is 11.4 Å². The van der Waals surface area contributed by atoms with E-state index in [1.54, 1.807) is 0 Å². The quantitative estimate of drug-likeness (QED) is 0.195. The molecule has 0 saturated heterocycles. The summed E-state index contributed by atoms with van der Waals surface area (Å²) in [5, 5.41) is 2.61. The average Bonchev–Trinajstić information content (AvgIpc) is 3.29. The Kier molecular flexibility index (Phi) is 6.39. The van der Waals surface area contributed by atoms with Gasteiger partial charge in [0.15, 0.2) is 0 Å². The number of hydrogen-bond acceptors (Lipinski definition) is 1. The summed E-state index contributed by atoms with van der Waals surface area (Å²) < 4.78 is 0. The highest BCUT2D eigenvalue weighted by Crippen LogP contribution is 2.53. The fourth-order valence-corrected chi connectivity index (χ4v) is 8.29. The maximum Gasteiger partial charge on any atom is 0.0540 e. The van der Waals surface area contributed by atoms with E-state index in [-0.39, 0.29) is 16.2 Å². The summed E-state index contributed by atoms with van der Waals surface area (Å²) in [5.74, 6) is 0. The van der Waals surface area contributed by atoms with Gasteiger partial charge in [-0.3, -0.25) is 0 Å². The molecule has 0 bridgehead atoms. The van der Waals surface area contributed by atoms with Crippen LogP contribution in [0.1, 0.15) is 76.6 Å². The van der Waals surface area contributed by atoms with Gasteiger partial charge in [0.2, 0.25) is 0 Å². The molecule has 0 saturated carbocycles. The summed E-state index contributed by atoms with van der Waals surface area (Å²) in [5.41, 5.74) is 14.7. The lowest BCUT2D eigenvalue weighted by Crippen LogP contribution is -2.33. The van der Waals surface area contributed by atoms with E-state index >= 15 is 0 Å². The van der Waals surface area contributed by atoms with Crippen LogP contribution >= 0.6 is 0 Å². The van der Waals surface area contributed by atoms with Crippen molar-refractivity contribution in [1.29, 1.82) is 0 Å². The number of benzene rings is 6. The summed E-state index contributed by atoms with van der Waals surface area (Å²) in [4.78, 5) is 2.53. The number of anilines is 3. The zero-order valence-corrected chi connectivity index (χ0v) is 28.0. The van der Waals surface area contributed by atoms with Crippen LogP contribution in [0, 0.1) is 0 Å². The summed E-state index contributed by atoms with van der Waals surface area (Å²) in [6.45, 7) is 14.4. The molecule has 2 aliphatic rings. The molecule has 6 aromatic rings. The van der Waals surface area contributed by atoms with Crippen LogP contribution in [-0.2, 0) is 16.2 Å². The minimum absolute atomic E-state index is 0.0833. The molecule has 0 radical (unpaired) electrons. The van der Waals surface area contributed by atoms with Crippen LogP contribution in [0.15, 0.2) is 127 Å². The number of para-hydroxylation sites is 1. The molecule has 0 aromatic heterocycles. The lowest BCUT2D eigenvalue weighted by molar-refractivity contribution is 0.332.